The number of imide groups is 2. The standard InChI is InChI=1S/C47H58ClN5O14S/c1-26-7-5-6-8-30-20-31(64-47(62)49-30)21-34-44(66-34)35(22-40(57)51(3)32-18-28(17-26)19-33(63-4)43(32)48)65-42(59)25-50(2)37(54)15-16-68-36-23-41(58)52(45(36)60)24-27-9-11-29(12-10-27)46(61)67-53-38(55)13-14-39(53)56/h5-7,18-19,27,29-31,34-36,44H,8-17,20-25H2,1-4H3,(H,49,62)/b6-5+,26-7+/t27?,29?,30?,31-,34-,35-,36?,44+/m1/s1. The quantitative estimate of drug-likeness (QED) is 0.176. The molecule has 0 radical (unpaired) electrons. The highest BCUT2D eigenvalue weighted by Gasteiger charge is 2.50. The molecule has 7 rings (SSSR count). The SMILES string of the molecule is COc1cc2cc(c1Cl)N(C)C(=O)C[C@@H](OC(=O)CN(C)C(=O)CCSC1CC(=O)N(CC3CCC(C(=O)ON4C(=O)CCC4=O)CC3)C1=O)[C@H]1O[C@@H]1C[C@H]1CC(C/C=C/C=C(\C)C2)NC(=O)O1. The van der Waals surface area contributed by atoms with E-state index in [0.29, 0.717) is 67.9 Å². The van der Waals surface area contributed by atoms with E-state index in [9.17, 15) is 43.2 Å². The third kappa shape index (κ3) is 12.6. The number of halogens is 1. The number of hydrogen-bond acceptors (Lipinski definition) is 15. The lowest BCUT2D eigenvalue weighted by Gasteiger charge is -2.30. The smallest absolute Gasteiger partial charge is 0.407 e. The van der Waals surface area contributed by atoms with Gasteiger partial charge in [0, 0.05) is 71.0 Å². The highest BCUT2D eigenvalue weighted by Crippen LogP contribution is 2.39. The van der Waals surface area contributed by atoms with E-state index >= 15 is 0 Å². The number of likely N-dealkylation sites (tertiary alicyclic amines) is 1. The fourth-order valence-electron chi connectivity index (χ4n) is 9.27. The zero-order valence-electron chi connectivity index (χ0n) is 38.6. The van der Waals surface area contributed by atoms with Gasteiger partial charge in [-0.2, -0.15) is 0 Å². The second-order valence-electron chi connectivity index (χ2n) is 18.3. The lowest BCUT2D eigenvalue weighted by atomic mass is 9.82. The average molecular weight is 985 g/mol. The van der Waals surface area contributed by atoms with Crippen LogP contribution in [0.15, 0.2) is 35.9 Å². The number of hydrogen-bond donors (Lipinski definition) is 1. The minimum absolute atomic E-state index is 0.00736. The number of nitrogens with one attached hydrogen (secondary N) is 1. The first-order chi connectivity index (χ1) is 32.5. The minimum atomic E-state index is -1.06. The number of alkyl carbamates (subject to hydrolysis) is 1. The number of epoxide rings is 1. The Morgan fingerprint density at radius 2 is 1.71 bits per heavy atom. The van der Waals surface area contributed by atoms with Gasteiger partial charge in [0.15, 0.2) is 0 Å². The van der Waals surface area contributed by atoms with Gasteiger partial charge in [-0.1, -0.05) is 35.4 Å². The molecule has 1 N–H and O–H groups in total. The zero-order chi connectivity index (χ0) is 48.8. The molecule has 68 heavy (non-hydrogen) atoms. The van der Waals surface area contributed by atoms with Crippen LogP contribution >= 0.6 is 23.4 Å². The summed E-state index contributed by atoms with van der Waals surface area (Å²) in [4.78, 5) is 125. The summed E-state index contributed by atoms with van der Waals surface area (Å²) >= 11 is 7.93. The molecule has 368 valence electrons. The van der Waals surface area contributed by atoms with Crippen molar-refractivity contribution in [1.82, 2.24) is 20.2 Å². The molecule has 21 heteroatoms. The van der Waals surface area contributed by atoms with E-state index in [-0.39, 0.29) is 73.2 Å². The van der Waals surface area contributed by atoms with Crippen LogP contribution in [0.4, 0.5) is 10.5 Å². The van der Waals surface area contributed by atoms with Gasteiger partial charge in [0.2, 0.25) is 23.6 Å². The second-order valence-corrected chi connectivity index (χ2v) is 20.0. The molecule has 5 heterocycles. The number of esters is 1. The van der Waals surface area contributed by atoms with Crippen molar-refractivity contribution in [3.8, 4) is 5.75 Å². The number of hydroxylamine groups is 2. The van der Waals surface area contributed by atoms with E-state index in [0.717, 1.165) is 11.1 Å². The van der Waals surface area contributed by atoms with Gasteiger partial charge in [0.1, 0.15) is 35.6 Å². The van der Waals surface area contributed by atoms with Gasteiger partial charge in [0.05, 0.1) is 36.5 Å². The predicted octanol–water partition coefficient (Wildman–Crippen LogP) is 4.21. The zero-order valence-corrected chi connectivity index (χ0v) is 40.2. The topological polar surface area (TPSA) is 228 Å². The molecule has 5 aliphatic heterocycles. The number of amides is 7. The van der Waals surface area contributed by atoms with Gasteiger partial charge >= 0.3 is 18.0 Å². The number of allylic oxidation sites excluding steroid dienone is 3. The Hall–Kier alpha value is -5.47. The number of rotatable bonds is 12. The largest absolute Gasteiger partial charge is 0.495 e. The summed E-state index contributed by atoms with van der Waals surface area (Å²) in [5.74, 6) is -3.94. The average Bonchev–Trinajstić information content (AvgIpc) is 3.92. The van der Waals surface area contributed by atoms with E-state index in [1.54, 1.807) is 7.05 Å². The summed E-state index contributed by atoms with van der Waals surface area (Å²) in [7, 11) is 4.50. The highest BCUT2D eigenvalue weighted by atomic mass is 35.5. The van der Waals surface area contributed by atoms with Crippen LogP contribution in [0.25, 0.3) is 0 Å². The molecule has 0 aromatic heterocycles. The third-order valence-electron chi connectivity index (χ3n) is 13.2. The Morgan fingerprint density at radius 1 is 0.971 bits per heavy atom. The van der Waals surface area contributed by atoms with Gasteiger partial charge in [-0.3, -0.25) is 38.5 Å². The van der Waals surface area contributed by atoms with Gasteiger partial charge < -0.3 is 38.9 Å². The third-order valence-corrected chi connectivity index (χ3v) is 14.8. The predicted molar refractivity (Wildman–Crippen MR) is 245 cm³/mol. The van der Waals surface area contributed by atoms with Crippen LogP contribution in [-0.4, -0.2) is 144 Å². The van der Waals surface area contributed by atoms with Crippen LogP contribution in [0.1, 0.15) is 89.5 Å². The molecule has 0 spiro atoms. The number of carbonyl (C=O) groups is 9. The number of benzene rings is 1. The number of carbonyl (C=O) groups excluding carboxylic acids is 9. The Balaban J connectivity index is 0.911. The molecule has 7 amide bonds. The summed E-state index contributed by atoms with van der Waals surface area (Å²) < 4.78 is 23.0. The minimum Gasteiger partial charge on any atom is -0.495 e. The van der Waals surface area contributed by atoms with E-state index in [1.807, 2.05) is 37.3 Å². The maximum absolute atomic E-state index is 14.0. The van der Waals surface area contributed by atoms with Crippen molar-refractivity contribution in [3.05, 3.63) is 46.5 Å². The molecule has 1 aromatic carbocycles. The van der Waals surface area contributed by atoms with Crippen molar-refractivity contribution < 1.29 is 66.9 Å². The fraction of sp³-hybridized carbons (Fsp3) is 0.596. The first-order valence-electron chi connectivity index (χ1n) is 23.0. The Bertz CT molecular complexity index is 2230. The maximum Gasteiger partial charge on any atom is 0.407 e. The number of anilines is 1. The molecule has 19 nitrogen and oxygen atoms in total. The first-order valence-corrected chi connectivity index (χ1v) is 24.4. The van der Waals surface area contributed by atoms with Gasteiger partial charge in [-0.05, 0) is 69.1 Å². The lowest BCUT2D eigenvalue weighted by molar-refractivity contribution is -0.201. The molecule has 6 aliphatic rings. The van der Waals surface area contributed by atoms with Gasteiger partial charge in [-0.25, -0.2) is 9.59 Å². The molecule has 4 bridgehead atoms. The van der Waals surface area contributed by atoms with Gasteiger partial charge in [-0.15, -0.1) is 16.8 Å². The maximum atomic E-state index is 14.0. The Labute approximate surface area is 403 Å². The van der Waals surface area contributed by atoms with Gasteiger partial charge in [0.25, 0.3) is 11.8 Å². The Morgan fingerprint density at radius 3 is 2.43 bits per heavy atom. The van der Waals surface area contributed by atoms with Crippen molar-refractivity contribution in [3.63, 3.8) is 0 Å². The van der Waals surface area contributed by atoms with E-state index in [4.69, 9.17) is 35.4 Å². The first kappa shape index (κ1) is 50.4. The van der Waals surface area contributed by atoms with Crippen molar-refractivity contribution in [1.29, 1.82) is 0 Å². The van der Waals surface area contributed by atoms with Crippen LogP contribution in [0, 0.1) is 11.8 Å². The number of methoxy groups -OCH3 is 1. The van der Waals surface area contributed by atoms with E-state index in [2.05, 4.69) is 5.32 Å². The van der Waals surface area contributed by atoms with Crippen molar-refractivity contribution in [2.24, 2.45) is 11.8 Å². The second kappa shape index (κ2) is 22.3. The van der Waals surface area contributed by atoms with Crippen molar-refractivity contribution in [2.45, 2.75) is 126 Å². The van der Waals surface area contributed by atoms with E-state index < -0.39 is 83.8 Å². The van der Waals surface area contributed by atoms with Crippen LogP contribution in [-0.2, 0) is 63.8 Å². The molecule has 1 aliphatic carbocycles. The lowest BCUT2D eigenvalue weighted by Crippen LogP contribution is -2.46. The van der Waals surface area contributed by atoms with Crippen LogP contribution in [0.5, 0.6) is 5.75 Å². The summed E-state index contributed by atoms with van der Waals surface area (Å²) in [5.41, 5.74) is 2.27. The molecule has 2 unspecified atom stereocenters. The molecule has 1 aromatic rings. The fourth-order valence-corrected chi connectivity index (χ4v) is 10.7. The molecular formula is C47H58ClN5O14S. The summed E-state index contributed by atoms with van der Waals surface area (Å²) in [6, 6.07) is 3.45. The number of fused-ring (bicyclic) bond motifs is 5. The van der Waals surface area contributed by atoms with Crippen molar-refractivity contribution >= 4 is 82.5 Å². The Kier molecular flexibility index (Phi) is 16.5. The molecule has 4 saturated heterocycles. The van der Waals surface area contributed by atoms with Crippen LogP contribution < -0.4 is 15.0 Å². The number of ether oxygens (including phenoxy) is 4. The number of likely N-dealkylation sites (N-methyl/N-ethyl adjacent to an activating group) is 1. The summed E-state index contributed by atoms with van der Waals surface area (Å²) in [6.07, 6.45) is 6.23. The normalized spacial score (nSPS) is 29.1. The van der Waals surface area contributed by atoms with E-state index in [1.165, 1.54) is 40.6 Å². The summed E-state index contributed by atoms with van der Waals surface area (Å²) in [6.45, 7) is 1.74. The summed E-state index contributed by atoms with van der Waals surface area (Å²) in [5, 5.41) is 2.96. The molecular weight excluding hydrogens is 926 g/mol. The molecule has 5 fully saturated rings. The highest BCUT2D eigenvalue weighted by molar-refractivity contribution is 8.00. The van der Waals surface area contributed by atoms with Crippen LogP contribution in [0.2, 0.25) is 5.02 Å². The number of nitrogens with zero attached hydrogens (tertiary/aromatic N) is 4. The number of thioether (sulfide) groups is 1. The molecule has 1 saturated carbocycles. The van der Waals surface area contributed by atoms with Crippen molar-refractivity contribution in [2.75, 3.05) is 44.9 Å². The monoisotopic (exact) mass is 983 g/mol. The molecule has 6 atom stereocenters. The van der Waals surface area contributed by atoms with Crippen LogP contribution in [0.3, 0.4) is 0 Å².